The highest BCUT2D eigenvalue weighted by Gasteiger charge is 2.04. The van der Waals surface area contributed by atoms with Gasteiger partial charge in [0.1, 0.15) is 0 Å². The number of nitrogens with one attached hydrogen (secondary N) is 1. The molecule has 0 aliphatic heterocycles. The van der Waals surface area contributed by atoms with E-state index in [4.69, 9.17) is 0 Å². The van der Waals surface area contributed by atoms with E-state index in [0.717, 1.165) is 5.56 Å². The zero-order valence-corrected chi connectivity index (χ0v) is 7.79. The number of hydrogen-bond acceptors (Lipinski definition) is 1. The smallest absolute Gasteiger partial charge is 0.223 e. The van der Waals surface area contributed by atoms with Crippen LogP contribution in [0.2, 0.25) is 0 Å². The van der Waals surface area contributed by atoms with Crippen LogP contribution < -0.4 is 5.32 Å². The number of rotatable bonds is 3. The molecule has 0 heterocycles. The van der Waals surface area contributed by atoms with E-state index in [1.807, 2.05) is 30.3 Å². The lowest BCUT2D eigenvalue weighted by molar-refractivity contribution is -0.123. The van der Waals surface area contributed by atoms with Crippen LogP contribution in [-0.2, 0) is 11.3 Å². The van der Waals surface area contributed by atoms with Gasteiger partial charge in [-0.2, -0.15) is 0 Å². The van der Waals surface area contributed by atoms with E-state index < -0.39 is 0 Å². The molecule has 0 saturated heterocycles. The molecule has 1 atom stereocenters. The summed E-state index contributed by atoms with van der Waals surface area (Å²) in [4.78, 5) is 11.1. The molecule has 0 aliphatic carbocycles. The van der Waals surface area contributed by atoms with Crippen molar-refractivity contribution in [3.63, 3.8) is 0 Å². The Hall–Kier alpha value is -1.31. The third-order valence-corrected chi connectivity index (χ3v) is 1.76. The molecule has 1 amide bonds. The Kier molecular flexibility index (Phi) is 3.50. The van der Waals surface area contributed by atoms with Crippen LogP contribution in [0.1, 0.15) is 12.5 Å². The predicted molar refractivity (Wildman–Crippen MR) is 52.8 cm³/mol. The summed E-state index contributed by atoms with van der Waals surface area (Å²) in [7, 11) is 0. The van der Waals surface area contributed by atoms with Crippen LogP contribution in [-0.4, -0.2) is 5.91 Å². The Balaban J connectivity index is 2.40. The molecule has 1 radical (unpaired) electrons. The molecule has 1 N–H and O–H groups in total. The van der Waals surface area contributed by atoms with Gasteiger partial charge in [0.25, 0.3) is 0 Å². The molecule has 13 heavy (non-hydrogen) atoms. The highest BCUT2D eigenvalue weighted by atomic mass is 16.1. The summed E-state index contributed by atoms with van der Waals surface area (Å²) in [6.07, 6.45) is 0. The topological polar surface area (TPSA) is 29.1 Å². The van der Waals surface area contributed by atoms with Crippen LogP contribution in [0.15, 0.2) is 30.3 Å². The van der Waals surface area contributed by atoms with Gasteiger partial charge in [-0.05, 0) is 12.5 Å². The Morgan fingerprint density at radius 3 is 2.62 bits per heavy atom. The van der Waals surface area contributed by atoms with Crippen molar-refractivity contribution in [3.05, 3.63) is 42.8 Å². The van der Waals surface area contributed by atoms with Crippen LogP contribution in [0, 0.1) is 12.8 Å². The molecule has 0 bridgehead atoms. The maximum atomic E-state index is 11.1. The molecule has 1 unspecified atom stereocenters. The molecule has 0 aromatic heterocycles. The maximum absolute atomic E-state index is 11.1. The lowest BCUT2D eigenvalue weighted by Gasteiger charge is -2.06. The number of carbonyl (C=O) groups is 1. The second-order valence-electron chi connectivity index (χ2n) is 3.10. The van der Waals surface area contributed by atoms with E-state index in [1.54, 1.807) is 6.92 Å². The summed E-state index contributed by atoms with van der Waals surface area (Å²) < 4.78 is 0. The fourth-order valence-corrected chi connectivity index (χ4v) is 0.959. The molecular formula is C11H14NO. The third kappa shape index (κ3) is 3.28. The van der Waals surface area contributed by atoms with Gasteiger partial charge in [0.05, 0.1) is 0 Å². The van der Waals surface area contributed by atoms with Gasteiger partial charge in [-0.25, -0.2) is 0 Å². The molecule has 0 spiro atoms. The van der Waals surface area contributed by atoms with Gasteiger partial charge in [0.2, 0.25) is 5.91 Å². The van der Waals surface area contributed by atoms with Crippen molar-refractivity contribution >= 4 is 5.91 Å². The van der Waals surface area contributed by atoms with E-state index >= 15 is 0 Å². The summed E-state index contributed by atoms with van der Waals surface area (Å²) in [5.41, 5.74) is 1.11. The van der Waals surface area contributed by atoms with Gasteiger partial charge in [-0.15, -0.1) is 0 Å². The Labute approximate surface area is 79.0 Å². The van der Waals surface area contributed by atoms with Crippen LogP contribution in [0.4, 0.5) is 0 Å². The van der Waals surface area contributed by atoms with Crippen molar-refractivity contribution in [2.45, 2.75) is 13.5 Å². The second kappa shape index (κ2) is 4.65. The minimum Gasteiger partial charge on any atom is -0.352 e. The Morgan fingerprint density at radius 1 is 1.46 bits per heavy atom. The Bertz CT molecular complexity index is 267. The van der Waals surface area contributed by atoms with E-state index in [9.17, 15) is 4.79 Å². The average molecular weight is 176 g/mol. The molecule has 0 aliphatic rings. The van der Waals surface area contributed by atoms with E-state index in [0.29, 0.717) is 6.54 Å². The van der Waals surface area contributed by atoms with Crippen molar-refractivity contribution in [3.8, 4) is 0 Å². The van der Waals surface area contributed by atoms with Crippen LogP contribution in [0.25, 0.3) is 0 Å². The molecular weight excluding hydrogens is 162 g/mol. The van der Waals surface area contributed by atoms with Gasteiger partial charge >= 0.3 is 0 Å². The summed E-state index contributed by atoms with van der Waals surface area (Å²) in [6.45, 7) is 6.00. The number of benzene rings is 1. The first-order valence-electron chi connectivity index (χ1n) is 4.35. The molecule has 69 valence electrons. The van der Waals surface area contributed by atoms with Gasteiger partial charge < -0.3 is 5.32 Å². The average Bonchev–Trinajstić information content (AvgIpc) is 2.15. The molecule has 2 heteroatoms. The zero-order valence-electron chi connectivity index (χ0n) is 7.79. The minimum atomic E-state index is -0.191. The predicted octanol–water partition coefficient (Wildman–Crippen LogP) is 1.77. The van der Waals surface area contributed by atoms with Crippen molar-refractivity contribution in [2.75, 3.05) is 0 Å². The quantitative estimate of drug-likeness (QED) is 0.747. The van der Waals surface area contributed by atoms with Crippen LogP contribution >= 0.6 is 0 Å². The zero-order chi connectivity index (χ0) is 9.68. The van der Waals surface area contributed by atoms with Crippen molar-refractivity contribution in [2.24, 2.45) is 5.92 Å². The highest BCUT2D eigenvalue weighted by molar-refractivity contribution is 5.78. The van der Waals surface area contributed by atoms with Crippen molar-refractivity contribution in [1.82, 2.24) is 5.32 Å². The summed E-state index contributed by atoms with van der Waals surface area (Å²) in [6, 6.07) is 9.82. The van der Waals surface area contributed by atoms with E-state index in [2.05, 4.69) is 12.2 Å². The van der Waals surface area contributed by atoms with Gasteiger partial charge in [0, 0.05) is 12.5 Å². The third-order valence-electron chi connectivity index (χ3n) is 1.76. The lowest BCUT2D eigenvalue weighted by Crippen LogP contribution is -2.27. The van der Waals surface area contributed by atoms with Crippen LogP contribution in [0.5, 0.6) is 0 Å². The molecule has 1 aromatic carbocycles. The number of hydrogen-bond donors (Lipinski definition) is 1. The summed E-state index contributed by atoms with van der Waals surface area (Å²) >= 11 is 0. The number of carbonyl (C=O) groups excluding carboxylic acids is 1. The largest absolute Gasteiger partial charge is 0.352 e. The Morgan fingerprint density at radius 2 is 2.08 bits per heavy atom. The normalized spacial score (nSPS) is 10.1. The second-order valence-corrected chi connectivity index (χ2v) is 3.10. The molecule has 1 aromatic rings. The monoisotopic (exact) mass is 176 g/mol. The summed E-state index contributed by atoms with van der Waals surface area (Å²) in [5, 5.41) is 2.80. The first kappa shape index (κ1) is 9.78. The van der Waals surface area contributed by atoms with Gasteiger partial charge in [-0.1, -0.05) is 37.3 Å². The highest BCUT2D eigenvalue weighted by Crippen LogP contribution is 1.98. The maximum Gasteiger partial charge on any atom is 0.223 e. The molecule has 0 fully saturated rings. The molecule has 0 saturated carbocycles. The fraction of sp³-hybridized carbons (Fsp3) is 0.273. The first-order chi connectivity index (χ1) is 6.20. The minimum absolute atomic E-state index is 0.0103. The van der Waals surface area contributed by atoms with Gasteiger partial charge in [0.15, 0.2) is 0 Å². The number of amides is 1. The van der Waals surface area contributed by atoms with Crippen molar-refractivity contribution in [1.29, 1.82) is 0 Å². The summed E-state index contributed by atoms with van der Waals surface area (Å²) in [5.74, 6) is -0.201. The first-order valence-corrected chi connectivity index (χ1v) is 4.35. The van der Waals surface area contributed by atoms with Crippen molar-refractivity contribution < 1.29 is 4.79 Å². The lowest BCUT2D eigenvalue weighted by atomic mass is 10.2. The fourth-order valence-electron chi connectivity index (χ4n) is 0.959. The SMILES string of the molecule is [CH2]C(C)C(=O)NCc1ccccc1. The van der Waals surface area contributed by atoms with Crippen LogP contribution in [0.3, 0.4) is 0 Å². The molecule has 2 nitrogen and oxygen atoms in total. The van der Waals surface area contributed by atoms with E-state index in [-0.39, 0.29) is 11.8 Å². The molecule has 1 rings (SSSR count). The van der Waals surface area contributed by atoms with Gasteiger partial charge in [-0.3, -0.25) is 4.79 Å². The van der Waals surface area contributed by atoms with E-state index in [1.165, 1.54) is 0 Å². The standard InChI is InChI=1S/C11H14NO/c1-9(2)11(13)12-8-10-6-4-3-5-7-10/h3-7,9H,1,8H2,2H3,(H,12,13).